The number of aromatic nitrogens is 5. The molecule has 0 aliphatic heterocycles. The lowest BCUT2D eigenvalue weighted by Crippen LogP contribution is -2.12. The first-order chi connectivity index (χ1) is 9.04. The number of hydrogen-bond acceptors (Lipinski definition) is 6. The van der Waals surface area contributed by atoms with Crippen molar-refractivity contribution in [1.82, 2.24) is 25.0 Å². The van der Waals surface area contributed by atoms with Gasteiger partial charge in [-0.1, -0.05) is 6.92 Å². The van der Waals surface area contributed by atoms with Crippen molar-refractivity contribution in [1.29, 1.82) is 0 Å². The van der Waals surface area contributed by atoms with Crippen LogP contribution in [0.3, 0.4) is 0 Å². The van der Waals surface area contributed by atoms with Crippen LogP contribution in [0.2, 0.25) is 0 Å². The van der Waals surface area contributed by atoms with E-state index in [1.807, 2.05) is 13.8 Å². The van der Waals surface area contributed by atoms with Crippen molar-refractivity contribution < 1.29 is 4.92 Å². The maximum atomic E-state index is 11.2. The number of anilines is 1. The second-order valence-corrected chi connectivity index (χ2v) is 4.11. The molecule has 9 heteroatoms. The minimum atomic E-state index is -0.415. The molecular formula is C10H15N7O2. The number of H-pyrrole nitrogens is 1. The van der Waals surface area contributed by atoms with Gasteiger partial charge >= 0.3 is 5.69 Å². The highest BCUT2D eigenvalue weighted by atomic mass is 16.6. The lowest BCUT2D eigenvalue weighted by Gasteiger charge is -2.11. The molecule has 0 bridgehead atoms. The standard InChI is InChI=1S/C10H15N7O2/c1-4-7-8(17(18)19)10(16(3)15-7)13-6(2)9-11-5-12-14-9/h5-6,13H,4H2,1-3H3,(H,11,12,14). The van der Waals surface area contributed by atoms with Gasteiger partial charge in [0.25, 0.3) is 0 Å². The van der Waals surface area contributed by atoms with Crippen molar-refractivity contribution in [3.05, 3.63) is 28.0 Å². The van der Waals surface area contributed by atoms with Crippen molar-refractivity contribution >= 4 is 11.5 Å². The van der Waals surface area contributed by atoms with Crippen molar-refractivity contribution in [2.24, 2.45) is 7.05 Å². The number of aromatic amines is 1. The van der Waals surface area contributed by atoms with E-state index in [1.54, 1.807) is 7.05 Å². The van der Waals surface area contributed by atoms with Gasteiger partial charge in [-0.15, -0.1) is 0 Å². The molecule has 2 aromatic heterocycles. The van der Waals surface area contributed by atoms with Crippen LogP contribution in [0.1, 0.15) is 31.4 Å². The van der Waals surface area contributed by atoms with E-state index in [1.165, 1.54) is 11.0 Å². The van der Waals surface area contributed by atoms with E-state index < -0.39 is 4.92 Å². The minimum Gasteiger partial charge on any atom is -0.355 e. The van der Waals surface area contributed by atoms with E-state index in [9.17, 15) is 10.1 Å². The van der Waals surface area contributed by atoms with Crippen molar-refractivity contribution in [3.8, 4) is 0 Å². The van der Waals surface area contributed by atoms with Gasteiger partial charge in [0.2, 0.25) is 5.82 Å². The molecule has 0 aliphatic carbocycles. The lowest BCUT2D eigenvalue weighted by atomic mass is 10.2. The summed E-state index contributed by atoms with van der Waals surface area (Å²) in [7, 11) is 1.67. The average molecular weight is 265 g/mol. The number of rotatable bonds is 5. The lowest BCUT2D eigenvalue weighted by molar-refractivity contribution is -0.384. The summed E-state index contributed by atoms with van der Waals surface area (Å²) in [5, 5.41) is 24.8. The van der Waals surface area contributed by atoms with Gasteiger partial charge in [0.05, 0.1) is 11.0 Å². The number of aryl methyl sites for hydroxylation is 2. The summed E-state index contributed by atoms with van der Waals surface area (Å²) in [6.07, 6.45) is 1.89. The Morgan fingerprint density at radius 3 is 2.89 bits per heavy atom. The molecule has 2 rings (SSSR count). The first kappa shape index (κ1) is 13.0. The molecule has 1 unspecified atom stereocenters. The van der Waals surface area contributed by atoms with Gasteiger partial charge in [-0.2, -0.15) is 10.2 Å². The molecule has 0 amide bonds. The molecular weight excluding hydrogens is 250 g/mol. The Morgan fingerprint density at radius 1 is 1.63 bits per heavy atom. The minimum absolute atomic E-state index is 0.0105. The Kier molecular flexibility index (Phi) is 3.45. The molecule has 0 spiro atoms. The van der Waals surface area contributed by atoms with E-state index in [2.05, 4.69) is 25.6 Å². The van der Waals surface area contributed by atoms with E-state index in [4.69, 9.17) is 0 Å². The fraction of sp³-hybridized carbons (Fsp3) is 0.500. The summed E-state index contributed by atoms with van der Waals surface area (Å²) in [6, 6.07) is -0.235. The number of hydrogen-bond donors (Lipinski definition) is 2. The molecule has 2 aromatic rings. The highest BCUT2D eigenvalue weighted by molar-refractivity contribution is 5.60. The van der Waals surface area contributed by atoms with Crippen LogP contribution in [-0.4, -0.2) is 29.9 Å². The predicted octanol–water partition coefficient (Wildman–Crippen LogP) is 1.18. The van der Waals surface area contributed by atoms with Gasteiger partial charge in [0.15, 0.2) is 0 Å². The maximum Gasteiger partial charge on any atom is 0.333 e. The second-order valence-electron chi connectivity index (χ2n) is 4.11. The predicted molar refractivity (Wildman–Crippen MR) is 67.7 cm³/mol. The first-order valence-corrected chi connectivity index (χ1v) is 5.86. The quantitative estimate of drug-likeness (QED) is 0.619. The maximum absolute atomic E-state index is 11.2. The third-order valence-corrected chi connectivity index (χ3v) is 2.81. The van der Waals surface area contributed by atoms with Gasteiger partial charge in [0.1, 0.15) is 17.8 Å². The van der Waals surface area contributed by atoms with Crippen LogP contribution < -0.4 is 5.32 Å². The van der Waals surface area contributed by atoms with E-state index >= 15 is 0 Å². The molecule has 0 saturated carbocycles. The van der Waals surface area contributed by atoms with Crippen molar-refractivity contribution in [2.75, 3.05) is 5.32 Å². The number of nitrogens with zero attached hydrogens (tertiary/aromatic N) is 5. The smallest absolute Gasteiger partial charge is 0.333 e. The summed E-state index contributed by atoms with van der Waals surface area (Å²) in [5.41, 5.74) is 0.469. The number of nitrogens with one attached hydrogen (secondary N) is 2. The molecule has 0 saturated heterocycles. The van der Waals surface area contributed by atoms with Crippen molar-refractivity contribution in [2.45, 2.75) is 26.3 Å². The van der Waals surface area contributed by atoms with Crippen LogP contribution in [0.15, 0.2) is 6.33 Å². The Balaban J connectivity index is 2.34. The average Bonchev–Trinajstić information content (AvgIpc) is 2.97. The molecule has 102 valence electrons. The van der Waals surface area contributed by atoms with E-state index in [-0.39, 0.29) is 11.7 Å². The van der Waals surface area contributed by atoms with Gasteiger partial charge in [-0.25, -0.2) is 9.67 Å². The summed E-state index contributed by atoms with van der Waals surface area (Å²) in [6.45, 7) is 3.67. The van der Waals surface area contributed by atoms with Crippen LogP contribution in [-0.2, 0) is 13.5 Å². The van der Waals surface area contributed by atoms with Crippen LogP contribution in [0.25, 0.3) is 0 Å². The number of nitro groups is 1. The molecule has 19 heavy (non-hydrogen) atoms. The third kappa shape index (κ3) is 2.39. The molecule has 2 heterocycles. The third-order valence-electron chi connectivity index (χ3n) is 2.81. The van der Waals surface area contributed by atoms with E-state index in [0.717, 1.165) is 0 Å². The summed E-state index contributed by atoms with van der Waals surface area (Å²) < 4.78 is 1.48. The van der Waals surface area contributed by atoms with E-state index in [0.29, 0.717) is 23.8 Å². The van der Waals surface area contributed by atoms with Crippen LogP contribution >= 0.6 is 0 Å². The highest BCUT2D eigenvalue weighted by Gasteiger charge is 2.27. The van der Waals surface area contributed by atoms with Crippen LogP contribution in [0, 0.1) is 10.1 Å². The molecule has 0 aromatic carbocycles. The monoisotopic (exact) mass is 265 g/mol. The van der Waals surface area contributed by atoms with Gasteiger partial charge in [0, 0.05) is 7.05 Å². The Labute approximate surface area is 109 Å². The molecule has 2 N–H and O–H groups in total. The molecule has 1 atom stereocenters. The van der Waals surface area contributed by atoms with Crippen LogP contribution in [0.5, 0.6) is 0 Å². The zero-order valence-electron chi connectivity index (χ0n) is 10.9. The largest absolute Gasteiger partial charge is 0.355 e. The Morgan fingerprint density at radius 2 is 2.37 bits per heavy atom. The normalized spacial score (nSPS) is 12.4. The summed E-state index contributed by atoms with van der Waals surface area (Å²) in [5.74, 6) is 0.972. The topological polar surface area (TPSA) is 115 Å². The second kappa shape index (κ2) is 5.04. The molecule has 0 radical (unpaired) electrons. The fourth-order valence-electron chi connectivity index (χ4n) is 1.86. The fourth-order valence-corrected chi connectivity index (χ4v) is 1.86. The van der Waals surface area contributed by atoms with Gasteiger partial charge in [-0.3, -0.25) is 15.2 Å². The molecule has 0 fully saturated rings. The Hall–Kier alpha value is -2.45. The zero-order chi connectivity index (χ0) is 14.0. The van der Waals surface area contributed by atoms with Crippen molar-refractivity contribution in [3.63, 3.8) is 0 Å². The van der Waals surface area contributed by atoms with Crippen LogP contribution in [0.4, 0.5) is 11.5 Å². The summed E-state index contributed by atoms with van der Waals surface area (Å²) >= 11 is 0. The summed E-state index contributed by atoms with van der Waals surface area (Å²) in [4.78, 5) is 14.8. The van der Waals surface area contributed by atoms with Gasteiger partial charge < -0.3 is 5.32 Å². The zero-order valence-corrected chi connectivity index (χ0v) is 10.9. The molecule has 0 aliphatic rings. The van der Waals surface area contributed by atoms with Gasteiger partial charge in [-0.05, 0) is 13.3 Å². The Bertz CT molecular complexity index is 575. The molecule has 9 nitrogen and oxygen atoms in total. The first-order valence-electron chi connectivity index (χ1n) is 5.86. The highest BCUT2D eigenvalue weighted by Crippen LogP contribution is 2.30. The SMILES string of the molecule is CCc1nn(C)c(NC(C)c2ncn[nH]2)c1[N+](=O)[O-].